The summed E-state index contributed by atoms with van der Waals surface area (Å²) in [5.74, 6) is 0.506. The van der Waals surface area contributed by atoms with Gasteiger partial charge in [-0.15, -0.1) is 11.3 Å². The highest BCUT2D eigenvalue weighted by molar-refractivity contribution is 7.13. The lowest BCUT2D eigenvalue weighted by Crippen LogP contribution is -2.27. The smallest absolute Gasteiger partial charge is 0.413 e. The molecule has 0 aliphatic heterocycles. The Morgan fingerprint density at radius 2 is 2.21 bits per heavy atom. The first-order valence-electron chi connectivity index (χ1n) is 6.07. The van der Waals surface area contributed by atoms with Crippen molar-refractivity contribution >= 4 is 28.5 Å². The molecule has 0 atom stereocenters. The van der Waals surface area contributed by atoms with Gasteiger partial charge in [-0.2, -0.15) is 0 Å². The third-order valence-electron chi connectivity index (χ3n) is 2.33. The van der Waals surface area contributed by atoms with Gasteiger partial charge in [0, 0.05) is 11.9 Å². The number of hydrogen-bond donors (Lipinski definition) is 2. The summed E-state index contributed by atoms with van der Waals surface area (Å²) in [6, 6.07) is 0. The van der Waals surface area contributed by atoms with Gasteiger partial charge >= 0.3 is 6.09 Å². The van der Waals surface area contributed by atoms with Crippen molar-refractivity contribution in [2.75, 3.05) is 19.0 Å². The zero-order chi connectivity index (χ0) is 14.3. The molecular weight excluding hydrogens is 266 g/mol. The van der Waals surface area contributed by atoms with Gasteiger partial charge in [0.2, 0.25) is 5.91 Å². The molecule has 0 radical (unpaired) electrons. The number of anilines is 1. The molecule has 1 aromatic rings. The average molecular weight is 285 g/mol. The summed E-state index contributed by atoms with van der Waals surface area (Å²) in [5.41, 5.74) is 0.637. The zero-order valence-corrected chi connectivity index (χ0v) is 12.2. The lowest BCUT2D eigenvalue weighted by atomic mass is 10.1. The van der Waals surface area contributed by atoms with Gasteiger partial charge in [0.25, 0.3) is 0 Å². The minimum Gasteiger partial charge on any atom is -0.453 e. The van der Waals surface area contributed by atoms with E-state index in [1.165, 1.54) is 18.4 Å². The maximum atomic E-state index is 11.6. The molecule has 1 heterocycles. The van der Waals surface area contributed by atoms with Gasteiger partial charge in [0.1, 0.15) is 0 Å². The summed E-state index contributed by atoms with van der Waals surface area (Å²) in [4.78, 5) is 26.7. The van der Waals surface area contributed by atoms with Crippen LogP contribution in [-0.2, 0) is 16.0 Å². The maximum Gasteiger partial charge on any atom is 0.413 e. The molecule has 0 fully saturated rings. The molecular formula is C12H19N3O3S. The lowest BCUT2D eigenvalue weighted by Gasteiger charge is -2.05. The first-order chi connectivity index (χ1) is 9.01. The van der Waals surface area contributed by atoms with Crippen molar-refractivity contribution in [3.8, 4) is 0 Å². The molecule has 0 spiro atoms. The number of aromatic nitrogens is 1. The molecule has 0 bridgehead atoms. The van der Waals surface area contributed by atoms with Crippen LogP contribution < -0.4 is 10.6 Å². The summed E-state index contributed by atoms with van der Waals surface area (Å²) in [7, 11) is 1.28. The van der Waals surface area contributed by atoms with Gasteiger partial charge in [-0.25, -0.2) is 9.78 Å². The number of methoxy groups -OCH3 is 1. The van der Waals surface area contributed by atoms with Crippen molar-refractivity contribution in [2.45, 2.75) is 26.7 Å². The Morgan fingerprint density at radius 3 is 2.84 bits per heavy atom. The van der Waals surface area contributed by atoms with E-state index in [9.17, 15) is 9.59 Å². The van der Waals surface area contributed by atoms with Crippen LogP contribution in [0, 0.1) is 5.92 Å². The SMILES string of the molecule is COC(=O)Nc1nc(CC(=O)NCCC(C)C)cs1. The third-order valence-corrected chi connectivity index (χ3v) is 3.14. The highest BCUT2D eigenvalue weighted by Gasteiger charge is 2.09. The van der Waals surface area contributed by atoms with E-state index >= 15 is 0 Å². The molecule has 0 saturated carbocycles. The Kier molecular flexibility index (Phi) is 6.27. The maximum absolute atomic E-state index is 11.6. The number of rotatable bonds is 6. The largest absolute Gasteiger partial charge is 0.453 e. The van der Waals surface area contributed by atoms with E-state index in [4.69, 9.17) is 0 Å². The number of carbonyl (C=O) groups excluding carboxylic acids is 2. The molecule has 2 N–H and O–H groups in total. The predicted molar refractivity (Wildman–Crippen MR) is 74.3 cm³/mol. The average Bonchev–Trinajstić information content (AvgIpc) is 2.75. The van der Waals surface area contributed by atoms with Gasteiger partial charge < -0.3 is 10.1 Å². The molecule has 0 aliphatic rings. The Hall–Kier alpha value is -1.63. The molecule has 106 valence electrons. The van der Waals surface area contributed by atoms with Crippen molar-refractivity contribution in [3.05, 3.63) is 11.1 Å². The number of ether oxygens (including phenoxy) is 1. The van der Waals surface area contributed by atoms with E-state index in [2.05, 4.69) is 34.2 Å². The number of thiazole rings is 1. The van der Waals surface area contributed by atoms with Crippen LogP contribution in [0.25, 0.3) is 0 Å². The fourth-order valence-electron chi connectivity index (χ4n) is 1.31. The summed E-state index contributed by atoms with van der Waals surface area (Å²) >= 11 is 1.26. The standard InChI is InChI=1S/C12H19N3O3S/c1-8(2)4-5-13-10(16)6-9-7-19-11(14-9)15-12(17)18-3/h7-8H,4-6H2,1-3H3,(H,13,16)(H,14,15,17). The van der Waals surface area contributed by atoms with Crippen molar-refractivity contribution in [3.63, 3.8) is 0 Å². The molecule has 0 aromatic carbocycles. The van der Waals surface area contributed by atoms with Gasteiger partial charge in [-0.1, -0.05) is 13.8 Å². The quantitative estimate of drug-likeness (QED) is 0.838. The number of carbonyl (C=O) groups is 2. The van der Waals surface area contributed by atoms with Gasteiger partial charge in [0.05, 0.1) is 19.2 Å². The fraction of sp³-hybridized carbons (Fsp3) is 0.583. The predicted octanol–water partition coefficient (Wildman–Crippen LogP) is 2.03. The van der Waals surface area contributed by atoms with Crippen LogP contribution in [0.3, 0.4) is 0 Å². The normalized spacial score (nSPS) is 10.3. The molecule has 1 aromatic heterocycles. The van der Waals surface area contributed by atoms with Crippen molar-refractivity contribution in [2.24, 2.45) is 5.92 Å². The first-order valence-corrected chi connectivity index (χ1v) is 6.95. The van der Waals surface area contributed by atoms with E-state index in [-0.39, 0.29) is 12.3 Å². The summed E-state index contributed by atoms with van der Waals surface area (Å²) < 4.78 is 4.46. The highest BCUT2D eigenvalue weighted by Crippen LogP contribution is 2.15. The van der Waals surface area contributed by atoms with Crippen LogP contribution >= 0.6 is 11.3 Å². The Bertz CT molecular complexity index is 432. The highest BCUT2D eigenvalue weighted by atomic mass is 32.1. The first kappa shape index (κ1) is 15.4. The molecule has 19 heavy (non-hydrogen) atoms. The third kappa shape index (κ3) is 6.19. The molecule has 1 rings (SSSR count). The van der Waals surface area contributed by atoms with Crippen LogP contribution in [0.15, 0.2) is 5.38 Å². The van der Waals surface area contributed by atoms with E-state index in [1.807, 2.05) is 0 Å². The Labute approximate surface area is 116 Å². The van der Waals surface area contributed by atoms with E-state index in [0.29, 0.717) is 23.3 Å². The van der Waals surface area contributed by atoms with Gasteiger partial charge in [-0.05, 0) is 12.3 Å². The summed E-state index contributed by atoms with van der Waals surface area (Å²) in [6.07, 6.45) is 0.609. The van der Waals surface area contributed by atoms with Crippen molar-refractivity contribution < 1.29 is 14.3 Å². The van der Waals surface area contributed by atoms with E-state index < -0.39 is 6.09 Å². The molecule has 0 unspecified atom stereocenters. The zero-order valence-electron chi connectivity index (χ0n) is 11.4. The number of amides is 2. The molecule has 6 nitrogen and oxygen atoms in total. The van der Waals surface area contributed by atoms with Crippen LogP contribution in [0.2, 0.25) is 0 Å². The van der Waals surface area contributed by atoms with Gasteiger partial charge in [0.15, 0.2) is 5.13 Å². The monoisotopic (exact) mass is 285 g/mol. The van der Waals surface area contributed by atoms with Crippen LogP contribution in [0.1, 0.15) is 26.0 Å². The minimum absolute atomic E-state index is 0.0597. The van der Waals surface area contributed by atoms with E-state index in [0.717, 1.165) is 6.42 Å². The van der Waals surface area contributed by atoms with Crippen LogP contribution in [0.5, 0.6) is 0 Å². The summed E-state index contributed by atoms with van der Waals surface area (Å²) in [5, 5.41) is 7.47. The second-order valence-corrected chi connectivity index (χ2v) is 5.33. The molecule has 7 heteroatoms. The molecule has 2 amide bonds. The number of nitrogens with one attached hydrogen (secondary N) is 2. The fourth-order valence-corrected chi connectivity index (χ4v) is 2.01. The second-order valence-electron chi connectivity index (χ2n) is 4.47. The minimum atomic E-state index is -0.567. The topological polar surface area (TPSA) is 80.3 Å². The second kappa shape index (κ2) is 7.73. The van der Waals surface area contributed by atoms with Crippen molar-refractivity contribution in [1.29, 1.82) is 0 Å². The molecule has 0 saturated heterocycles. The summed E-state index contributed by atoms with van der Waals surface area (Å²) in [6.45, 7) is 4.89. The Morgan fingerprint density at radius 1 is 1.47 bits per heavy atom. The van der Waals surface area contributed by atoms with Gasteiger partial charge in [-0.3, -0.25) is 10.1 Å². The lowest BCUT2D eigenvalue weighted by molar-refractivity contribution is -0.120. The Balaban J connectivity index is 2.36. The van der Waals surface area contributed by atoms with Crippen molar-refractivity contribution in [1.82, 2.24) is 10.3 Å². The van der Waals surface area contributed by atoms with E-state index in [1.54, 1.807) is 5.38 Å². The molecule has 0 aliphatic carbocycles. The van der Waals surface area contributed by atoms with Crippen LogP contribution in [0.4, 0.5) is 9.93 Å². The number of nitrogens with zero attached hydrogens (tertiary/aromatic N) is 1. The number of hydrogen-bond acceptors (Lipinski definition) is 5. The van der Waals surface area contributed by atoms with Crippen LogP contribution in [-0.4, -0.2) is 30.6 Å².